The zero-order valence-electron chi connectivity index (χ0n) is 15.9. The van der Waals surface area contributed by atoms with Crippen molar-refractivity contribution in [1.82, 2.24) is 15.2 Å². The van der Waals surface area contributed by atoms with Gasteiger partial charge >= 0.3 is 0 Å². The summed E-state index contributed by atoms with van der Waals surface area (Å²) in [5.41, 5.74) is 2.29. The van der Waals surface area contributed by atoms with Crippen molar-refractivity contribution in [3.8, 4) is 11.5 Å². The number of rotatable bonds is 8. The Morgan fingerprint density at radius 2 is 1.92 bits per heavy atom. The number of halogens is 1. The lowest BCUT2D eigenvalue weighted by molar-refractivity contribution is 0.310. The van der Waals surface area contributed by atoms with Crippen LogP contribution in [-0.4, -0.2) is 30.8 Å². The zero-order chi connectivity index (χ0) is 18.1. The molecule has 2 N–H and O–H groups in total. The number of benzene rings is 1. The zero-order valence-corrected chi connectivity index (χ0v) is 18.2. The maximum atomic E-state index is 5.63. The number of aromatic nitrogens is 1. The Morgan fingerprint density at radius 1 is 1.12 bits per heavy atom. The fourth-order valence-corrected chi connectivity index (χ4v) is 2.45. The summed E-state index contributed by atoms with van der Waals surface area (Å²) < 4.78 is 13.0. The van der Waals surface area contributed by atoms with Gasteiger partial charge in [-0.25, -0.2) is 4.99 Å². The van der Waals surface area contributed by atoms with E-state index in [1.807, 2.05) is 42.9 Å². The minimum absolute atomic E-state index is 0. The molecule has 0 atom stereocenters. The molecule has 0 aliphatic heterocycles. The topological polar surface area (TPSA) is 59.8 Å². The number of hydrogen-bond acceptors (Lipinski definition) is 3. The molecule has 6 nitrogen and oxygen atoms in total. The number of hydrogen-bond donors (Lipinski definition) is 2. The van der Waals surface area contributed by atoms with E-state index in [-0.39, 0.29) is 24.0 Å². The molecule has 0 amide bonds. The third-order valence-corrected chi connectivity index (χ3v) is 3.65. The first kappa shape index (κ1) is 22.1. The second kappa shape index (κ2) is 11.7. The maximum Gasteiger partial charge on any atom is 0.191 e. The number of nitrogens with zero attached hydrogens (tertiary/aromatic N) is 2. The molecule has 0 aliphatic carbocycles. The van der Waals surface area contributed by atoms with Crippen LogP contribution in [0.15, 0.2) is 41.7 Å². The summed E-state index contributed by atoms with van der Waals surface area (Å²) >= 11 is 0. The first-order chi connectivity index (χ1) is 12.2. The first-order valence-electron chi connectivity index (χ1n) is 8.59. The highest BCUT2D eigenvalue weighted by Crippen LogP contribution is 2.27. The van der Waals surface area contributed by atoms with Crippen LogP contribution in [0.5, 0.6) is 11.5 Å². The average molecular weight is 472 g/mol. The lowest BCUT2D eigenvalue weighted by atomic mass is 10.2. The van der Waals surface area contributed by atoms with Crippen LogP contribution in [0.25, 0.3) is 0 Å². The van der Waals surface area contributed by atoms with E-state index in [2.05, 4.69) is 34.8 Å². The van der Waals surface area contributed by atoms with Gasteiger partial charge in [0.05, 0.1) is 20.3 Å². The van der Waals surface area contributed by atoms with Gasteiger partial charge in [-0.15, -0.1) is 24.0 Å². The fourth-order valence-electron chi connectivity index (χ4n) is 2.45. The molecule has 1 heterocycles. The van der Waals surface area contributed by atoms with E-state index >= 15 is 0 Å². The molecule has 7 heteroatoms. The molecule has 1 aromatic carbocycles. The van der Waals surface area contributed by atoms with Crippen LogP contribution in [0.2, 0.25) is 0 Å². The highest BCUT2D eigenvalue weighted by molar-refractivity contribution is 14.0. The van der Waals surface area contributed by atoms with Gasteiger partial charge in [-0.05, 0) is 43.2 Å². The van der Waals surface area contributed by atoms with Crippen molar-refractivity contribution in [3.05, 3.63) is 47.8 Å². The Morgan fingerprint density at radius 3 is 2.54 bits per heavy atom. The third-order valence-electron chi connectivity index (χ3n) is 3.65. The summed E-state index contributed by atoms with van der Waals surface area (Å²) in [6.45, 7) is 6.74. The highest BCUT2D eigenvalue weighted by atomic mass is 127. The Hall–Kier alpha value is -1.90. The summed E-state index contributed by atoms with van der Waals surface area (Å²) in [5, 5.41) is 6.62. The molecule has 0 spiro atoms. The van der Waals surface area contributed by atoms with E-state index in [0.717, 1.165) is 29.6 Å². The van der Waals surface area contributed by atoms with Crippen molar-refractivity contribution in [3.63, 3.8) is 0 Å². The van der Waals surface area contributed by atoms with Gasteiger partial charge in [0.25, 0.3) is 0 Å². The third kappa shape index (κ3) is 6.78. The molecule has 1 aromatic heterocycles. The standard InChI is InChI=1S/C19H28N4O2.HI/c1-5-20-19(22-13-16-9-10-23(3)14-16)21-12-15-7-8-17(24-4)18(11-15)25-6-2;/h7-11,14H,5-6,12-13H2,1-4H3,(H2,20,21,22);1H. The lowest BCUT2D eigenvalue weighted by Gasteiger charge is -2.14. The van der Waals surface area contributed by atoms with Gasteiger partial charge in [-0.2, -0.15) is 0 Å². The number of nitrogens with one attached hydrogen (secondary N) is 2. The van der Waals surface area contributed by atoms with Crippen LogP contribution in [-0.2, 0) is 20.1 Å². The minimum Gasteiger partial charge on any atom is -0.493 e. The Labute approximate surface area is 173 Å². The SMILES string of the molecule is CCNC(=NCc1ccn(C)c1)NCc1ccc(OC)c(OCC)c1.I. The summed E-state index contributed by atoms with van der Waals surface area (Å²) in [5.74, 6) is 2.30. The van der Waals surface area contributed by atoms with Crippen molar-refractivity contribution in [2.45, 2.75) is 26.9 Å². The summed E-state index contributed by atoms with van der Waals surface area (Å²) in [4.78, 5) is 4.63. The van der Waals surface area contributed by atoms with Crippen LogP contribution < -0.4 is 20.1 Å². The molecule has 0 radical (unpaired) electrons. The van der Waals surface area contributed by atoms with E-state index in [9.17, 15) is 0 Å². The highest BCUT2D eigenvalue weighted by Gasteiger charge is 2.06. The van der Waals surface area contributed by atoms with Crippen LogP contribution in [0.4, 0.5) is 0 Å². The lowest BCUT2D eigenvalue weighted by Crippen LogP contribution is -2.36. The quantitative estimate of drug-likeness (QED) is 0.352. The molecule has 0 fully saturated rings. The Bertz CT molecular complexity index is 701. The van der Waals surface area contributed by atoms with Gasteiger partial charge in [0.1, 0.15) is 0 Å². The Kier molecular flexibility index (Phi) is 9.93. The average Bonchev–Trinajstić information content (AvgIpc) is 3.03. The van der Waals surface area contributed by atoms with Crippen LogP contribution in [0, 0.1) is 0 Å². The number of aryl methyl sites for hydroxylation is 1. The number of ether oxygens (including phenoxy) is 2. The second-order valence-electron chi connectivity index (χ2n) is 5.65. The minimum atomic E-state index is 0. The number of guanidine groups is 1. The molecule has 0 bridgehead atoms. The first-order valence-corrected chi connectivity index (χ1v) is 8.59. The monoisotopic (exact) mass is 472 g/mol. The second-order valence-corrected chi connectivity index (χ2v) is 5.65. The van der Waals surface area contributed by atoms with Crippen molar-refractivity contribution in [2.75, 3.05) is 20.3 Å². The fraction of sp³-hybridized carbons (Fsp3) is 0.421. The van der Waals surface area contributed by atoms with Crippen LogP contribution in [0.1, 0.15) is 25.0 Å². The molecule has 0 saturated carbocycles. The van der Waals surface area contributed by atoms with E-state index in [1.165, 1.54) is 5.56 Å². The van der Waals surface area contributed by atoms with Crippen molar-refractivity contribution in [2.24, 2.45) is 12.0 Å². The molecule has 0 saturated heterocycles. The van der Waals surface area contributed by atoms with E-state index in [0.29, 0.717) is 19.7 Å². The smallest absolute Gasteiger partial charge is 0.191 e. The molecule has 2 aromatic rings. The van der Waals surface area contributed by atoms with E-state index in [1.54, 1.807) is 7.11 Å². The predicted octanol–water partition coefficient (Wildman–Crippen LogP) is 3.31. The van der Waals surface area contributed by atoms with Crippen molar-refractivity contribution in [1.29, 1.82) is 0 Å². The number of methoxy groups -OCH3 is 1. The Balaban J connectivity index is 0.00000338. The molecule has 0 aliphatic rings. The van der Waals surface area contributed by atoms with Gasteiger partial charge in [0.15, 0.2) is 17.5 Å². The molecule has 144 valence electrons. The summed E-state index contributed by atoms with van der Waals surface area (Å²) in [6, 6.07) is 8.02. The van der Waals surface area contributed by atoms with Crippen LogP contribution >= 0.6 is 24.0 Å². The van der Waals surface area contributed by atoms with Crippen LogP contribution in [0.3, 0.4) is 0 Å². The summed E-state index contributed by atoms with van der Waals surface area (Å²) in [6.07, 6.45) is 4.10. The summed E-state index contributed by atoms with van der Waals surface area (Å²) in [7, 11) is 3.66. The normalized spacial score (nSPS) is 10.8. The van der Waals surface area contributed by atoms with Gasteiger partial charge in [-0.1, -0.05) is 6.07 Å². The van der Waals surface area contributed by atoms with Gasteiger partial charge < -0.3 is 24.7 Å². The molecular weight excluding hydrogens is 443 g/mol. The van der Waals surface area contributed by atoms with Gasteiger partial charge in [0.2, 0.25) is 0 Å². The largest absolute Gasteiger partial charge is 0.493 e. The maximum absolute atomic E-state index is 5.63. The van der Waals surface area contributed by atoms with Gasteiger partial charge in [0, 0.05) is 32.5 Å². The van der Waals surface area contributed by atoms with Gasteiger partial charge in [-0.3, -0.25) is 0 Å². The van der Waals surface area contributed by atoms with E-state index in [4.69, 9.17) is 9.47 Å². The molecule has 2 rings (SSSR count). The number of aliphatic imine (C=N–C) groups is 1. The molecular formula is C19H29IN4O2. The molecule has 26 heavy (non-hydrogen) atoms. The van der Waals surface area contributed by atoms with E-state index < -0.39 is 0 Å². The predicted molar refractivity (Wildman–Crippen MR) is 117 cm³/mol. The molecule has 0 unspecified atom stereocenters. The van der Waals surface area contributed by atoms with Crippen molar-refractivity contribution >= 4 is 29.9 Å². The van der Waals surface area contributed by atoms with Crippen molar-refractivity contribution < 1.29 is 9.47 Å².